The number of rotatable bonds is 3. The van der Waals surface area contributed by atoms with Crippen molar-refractivity contribution in [1.29, 1.82) is 0 Å². The van der Waals surface area contributed by atoms with E-state index >= 15 is 0 Å². The zero-order valence-electron chi connectivity index (χ0n) is 11.8. The van der Waals surface area contributed by atoms with Gasteiger partial charge in [0.2, 0.25) is 0 Å². The largest absolute Gasteiger partial charge is 0.490 e. The van der Waals surface area contributed by atoms with Gasteiger partial charge in [-0.05, 0) is 29.7 Å². The van der Waals surface area contributed by atoms with Gasteiger partial charge in [0.05, 0.1) is 7.11 Å². The van der Waals surface area contributed by atoms with E-state index in [0.717, 1.165) is 41.9 Å². The van der Waals surface area contributed by atoms with Gasteiger partial charge in [0.1, 0.15) is 0 Å². The highest BCUT2D eigenvalue weighted by Gasteiger charge is 2.23. The number of ether oxygens (including phenoxy) is 1. The highest BCUT2D eigenvalue weighted by Crippen LogP contribution is 2.38. The second kappa shape index (κ2) is 5.99. The molecule has 0 amide bonds. The van der Waals surface area contributed by atoms with Crippen LogP contribution in [0.5, 0.6) is 5.75 Å². The van der Waals surface area contributed by atoms with Crippen molar-refractivity contribution in [3.8, 4) is 5.75 Å². The van der Waals surface area contributed by atoms with E-state index < -0.39 is 0 Å². The summed E-state index contributed by atoms with van der Waals surface area (Å²) in [6.07, 6.45) is 0. The van der Waals surface area contributed by atoms with Crippen LogP contribution in [-0.4, -0.2) is 37.7 Å². The molecule has 0 atom stereocenters. The zero-order valence-corrected chi connectivity index (χ0v) is 13.3. The number of aromatic nitrogens is 1. The summed E-state index contributed by atoms with van der Waals surface area (Å²) in [7, 11) is 1.63. The average Bonchev–Trinajstić information content (AvgIpc) is 2.88. The van der Waals surface area contributed by atoms with Crippen molar-refractivity contribution in [2.45, 2.75) is 0 Å². The van der Waals surface area contributed by atoms with E-state index in [-0.39, 0.29) is 0 Å². The lowest BCUT2D eigenvalue weighted by molar-refractivity contribution is 0.417. The fourth-order valence-corrected chi connectivity index (χ4v) is 3.54. The number of nitrogens with two attached hydrogens (primary N) is 1. The Morgan fingerprint density at radius 3 is 2.62 bits per heavy atom. The Kier molecular flexibility index (Phi) is 4.07. The number of hydrogen-bond acceptors (Lipinski definition) is 6. The lowest BCUT2D eigenvalue weighted by Crippen LogP contribution is -2.46. The third-order valence-corrected chi connectivity index (χ3v) is 4.74. The van der Waals surface area contributed by atoms with Gasteiger partial charge in [-0.1, -0.05) is 17.7 Å². The molecular formula is C14H17ClN4OS. The van der Waals surface area contributed by atoms with Crippen molar-refractivity contribution in [2.75, 3.05) is 48.8 Å². The van der Waals surface area contributed by atoms with Crippen molar-refractivity contribution in [1.82, 2.24) is 4.37 Å². The molecule has 21 heavy (non-hydrogen) atoms. The number of halogens is 1. The standard InChI is InChI=1S/C14H17ClN4OS/c1-20-12-13(16)17-21-14(12)19-7-5-18(6-8-19)11-4-2-3-10(15)9-11/h2-4,9H,5-8H2,1H3,(H2,16,17). The van der Waals surface area contributed by atoms with Gasteiger partial charge in [0.15, 0.2) is 16.6 Å². The molecule has 0 bridgehead atoms. The van der Waals surface area contributed by atoms with Crippen LogP contribution in [0.1, 0.15) is 0 Å². The maximum atomic E-state index is 6.06. The molecule has 2 aromatic rings. The first-order chi connectivity index (χ1) is 10.2. The lowest BCUT2D eigenvalue weighted by atomic mass is 10.2. The number of methoxy groups -OCH3 is 1. The molecule has 1 aliphatic heterocycles. The zero-order chi connectivity index (χ0) is 14.8. The van der Waals surface area contributed by atoms with Crippen molar-refractivity contribution in [2.24, 2.45) is 0 Å². The minimum absolute atomic E-state index is 0.467. The van der Waals surface area contributed by atoms with Crippen LogP contribution < -0.4 is 20.3 Å². The van der Waals surface area contributed by atoms with Crippen LogP contribution in [0.2, 0.25) is 5.02 Å². The minimum atomic E-state index is 0.467. The van der Waals surface area contributed by atoms with E-state index in [4.69, 9.17) is 22.1 Å². The molecule has 0 radical (unpaired) electrons. The van der Waals surface area contributed by atoms with Crippen LogP contribution in [-0.2, 0) is 0 Å². The molecule has 2 N–H and O–H groups in total. The van der Waals surface area contributed by atoms with Gasteiger partial charge < -0.3 is 20.3 Å². The molecule has 7 heteroatoms. The number of piperazine rings is 1. The van der Waals surface area contributed by atoms with Crippen LogP contribution in [0, 0.1) is 0 Å². The second-order valence-electron chi connectivity index (χ2n) is 4.86. The summed E-state index contributed by atoms with van der Waals surface area (Å²) in [6.45, 7) is 3.68. The second-order valence-corrected chi connectivity index (χ2v) is 6.05. The van der Waals surface area contributed by atoms with Crippen molar-refractivity contribution in [3.63, 3.8) is 0 Å². The monoisotopic (exact) mass is 324 g/mol. The Morgan fingerprint density at radius 2 is 1.95 bits per heavy atom. The minimum Gasteiger partial charge on any atom is -0.490 e. The lowest BCUT2D eigenvalue weighted by Gasteiger charge is -2.36. The number of nitrogen functional groups attached to an aromatic ring is 1. The fraction of sp³-hybridized carbons (Fsp3) is 0.357. The van der Waals surface area contributed by atoms with E-state index in [1.54, 1.807) is 7.11 Å². The number of benzene rings is 1. The Labute approximate surface area is 133 Å². The third-order valence-electron chi connectivity index (χ3n) is 3.60. The molecule has 1 aromatic heterocycles. The Hall–Kier alpha value is -1.66. The van der Waals surface area contributed by atoms with E-state index in [0.29, 0.717) is 11.6 Å². The van der Waals surface area contributed by atoms with Crippen LogP contribution in [0.4, 0.5) is 16.5 Å². The Morgan fingerprint density at radius 1 is 1.24 bits per heavy atom. The quantitative estimate of drug-likeness (QED) is 0.940. The molecule has 0 aliphatic carbocycles. The Balaban J connectivity index is 1.70. The van der Waals surface area contributed by atoms with Crippen LogP contribution >= 0.6 is 23.1 Å². The first-order valence-corrected chi connectivity index (χ1v) is 7.89. The van der Waals surface area contributed by atoms with E-state index in [2.05, 4.69) is 20.2 Å². The molecule has 0 spiro atoms. The van der Waals surface area contributed by atoms with Crippen LogP contribution in [0.3, 0.4) is 0 Å². The predicted molar refractivity (Wildman–Crippen MR) is 89.0 cm³/mol. The molecule has 1 saturated heterocycles. The first kappa shape index (κ1) is 14.3. The number of nitrogens with zero attached hydrogens (tertiary/aromatic N) is 3. The highest BCUT2D eigenvalue weighted by atomic mass is 35.5. The maximum Gasteiger partial charge on any atom is 0.197 e. The summed E-state index contributed by atoms with van der Waals surface area (Å²) in [5, 5.41) is 1.78. The molecule has 3 rings (SSSR count). The normalized spacial score (nSPS) is 15.3. The summed E-state index contributed by atoms with van der Waals surface area (Å²) in [6, 6.07) is 7.97. The van der Waals surface area contributed by atoms with Gasteiger partial charge in [-0.2, -0.15) is 4.37 Å². The van der Waals surface area contributed by atoms with Crippen molar-refractivity contribution < 1.29 is 4.74 Å². The van der Waals surface area contributed by atoms with Crippen molar-refractivity contribution >= 4 is 39.6 Å². The van der Waals surface area contributed by atoms with E-state index in [1.807, 2.05) is 18.2 Å². The molecule has 1 aromatic carbocycles. The first-order valence-electron chi connectivity index (χ1n) is 6.73. The average molecular weight is 325 g/mol. The molecule has 1 fully saturated rings. The topological polar surface area (TPSA) is 54.6 Å². The van der Waals surface area contributed by atoms with E-state index in [1.165, 1.54) is 11.5 Å². The van der Waals surface area contributed by atoms with Gasteiger partial charge in [-0.3, -0.25) is 0 Å². The Bertz CT molecular complexity index is 625. The SMILES string of the molecule is COc1c(N)nsc1N1CCN(c2cccc(Cl)c2)CC1. The molecule has 1 aliphatic rings. The van der Waals surface area contributed by atoms with E-state index in [9.17, 15) is 0 Å². The summed E-state index contributed by atoms with van der Waals surface area (Å²) < 4.78 is 9.52. The summed E-state index contributed by atoms with van der Waals surface area (Å²) >= 11 is 7.45. The smallest absolute Gasteiger partial charge is 0.197 e. The van der Waals surface area contributed by atoms with Gasteiger partial charge >= 0.3 is 0 Å². The summed E-state index contributed by atoms with van der Waals surface area (Å²) in [5.41, 5.74) is 6.98. The molecule has 0 unspecified atom stereocenters. The number of anilines is 3. The molecule has 2 heterocycles. The number of hydrogen-bond donors (Lipinski definition) is 1. The summed E-state index contributed by atoms with van der Waals surface area (Å²) in [4.78, 5) is 4.60. The van der Waals surface area contributed by atoms with Crippen LogP contribution in [0.15, 0.2) is 24.3 Å². The third kappa shape index (κ3) is 2.87. The molecule has 112 valence electrons. The van der Waals surface area contributed by atoms with Gasteiger partial charge in [0, 0.05) is 36.9 Å². The maximum absolute atomic E-state index is 6.06. The van der Waals surface area contributed by atoms with Crippen LogP contribution in [0.25, 0.3) is 0 Å². The molecular weight excluding hydrogens is 308 g/mol. The predicted octanol–water partition coefficient (Wildman–Crippen LogP) is 2.71. The van der Waals surface area contributed by atoms with Gasteiger partial charge in [0.25, 0.3) is 0 Å². The van der Waals surface area contributed by atoms with Crippen molar-refractivity contribution in [3.05, 3.63) is 29.3 Å². The molecule has 0 saturated carbocycles. The van der Waals surface area contributed by atoms with Gasteiger partial charge in [-0.15, -0.1) is 0 Å². The van der Waals surface area contributed by atoms with Gasteiger partial charge in [-0.25, -0.2) is 0 Å². The highest BCUT2D eigenvalue weighted by molar-refractivity contribution is 7.11. The summed E-state index contributed by atoms with van der Waals surface area (Å²) in [5.74, 6) is 1.16. The molecule has 5 nitrogen and oxygen atoms in total. The fourth-order valence-electron chi connectivity index (χ4n) is 2.52.